The molecule has 4 rings (SSSR count). The molecule has 1 amide bonds. The molecule has 1 aliphatic carbocycles. The van der Waals surface area contributed by atoms with E-state index in [2.05, 4.69) is 5.10 Å². The van der Waals surface area contributed by atoms with Gasteiger partial charge >= 0.3 is 5.97 Å². The van der Waals surface area contributed by atoms with E-state index in [1.54, 1.807) is 12.1 Å². The normalized spacial score (nSPS) is 21.3. The lowest BCUT2D eigenvalue weighted by molar-refractivity contribution is -0.143. The highest BCUT2D eigenvalue weighted by atomic mass is 19.1. The van der Waals surface area contributed by atoms with Gasteiger partial charge in [0.15, 0.2) is 0 Å². The molecule has 30 heavy (non-hydrogen) atoms. The van der Waals surface area contributed by atoms with Gasteiger partial charge < -0.3 is 10.0 Å². The van der Waals surface area contributed by atoms with E-state index in [1.807, 2.05) is 16.5 Å². The maximum atomic E-state index is 13.2. The number of fused-ring (bicyclic) bond motifs is 1. The summed E-state index contributed by atoms with van der Waals surface area (Å²) in [5, 5.41) is 13.8. The maximum Gasteiger partial charge on any atom is 0.306 e. The van der Waals surface area contributed by atoms with Crippen molar-refractivity contribution in [2.24, 2.45) is 11.8 Å². The van der Waals surface area contributed by atoms with E-state index in [0.717, 1.165) is 36.2 Å². The smallest absolute Gasteiger partial charge is 0.306 e. The van der Waals surface area contributed by atoms with Gasteiger partial charge in [-0.1, -0.05) is 12.1 Å². The van der Waals surface area contributed by atoms with E-state index in [0.29, 0.717) is 38.9 Å². The minimum atomic E-state index is -0.715. The van der Waals surface area contributed by atoms with Crippen molar-refractivity contribution in [2.75, 3.05) is 6.54 Å². The molecule has 6 nitrogen and oxygen atoms in total. The first-order chi connectivity index (χ1) is 14.4. The number of nitrogens with zero attached hydrogens (tertiary/aromatic N) is 3. The molecule has 1 N–H and O–H groups in total. The number of rotatable bonds is 5. The zero-order chi connectivity index (χ0) is 21.3. The Kier molecular flexibility index (Phi) is 5.88. The fourth-order valence-electron chi connectivity index (χ4n) is 4.77. The standard InChI is InChI=1S/C23H28FN3O3/c1-15-20-10-11-26(22(28)12-16-2-6-18(7-3-16)23(29)30)14-21(20)27(25-15)13-17-4-8-19(24)9-5-17/h4-5,8-9,16,18H,2-3,6-7,10-14H2,1H3,(H,29,30). The van der Waals surface area contributed by atoms with E-state index in [9.17, 15) is 14.0 Å². The van der Waals surface area contributed by atoms with E-state index in [-0.39, 0.29) is 23.6 Å². The van der Waals surface area contributed by atoms with E-state index in [1.165, 1.54) is 17.7 Å². The number of hydrogen-bond donors (Lipinski definition) is 1. The molecule has 0 atom stereocenters. The van der Waals surface area contributed by atoms with Crippen LogP contribution in [-0.4, -0.2) is 38.2 Å². The van der Waals surface area contributed by atoms with Crippen LogP contribution in [0.15, 0.2) is 24.3 Å². The zero-order valence-electron chi connectivity index (χ0n) is 17.3. The third-order valence-electron chi connectivity index (χ3n) is 6.60. The van der Waals surface area contributed by atoms with Crippen LogP contribution >= 0.6 is 0 Å². The summed E-state index contributed by atoms with van der Waals surface area (Å²) in [6.07, 6.45) is 4.24. The fraction of sp³-hybridized carbons (Fsp3) is 0.522. The quantitative estimate of drug-likeness (QED) is 0.814. The first kappa shape index (κ1) is 20.6. The Morgan fingerprint density at radius 2 is 1.87 bits per heavy atom. The average molecular weight is 413 g/mol. The summed E-state index contributed by atoms with van der Waals surface area (Å²) in [5.41, 5.74) is 4.24. The van der Waals surface area contributed by atoms with Crippen LogP contribution in [0.3, 0.4) is 0 Å². The molecule has 1 aliphatic heterocycles. The minimum Gasteiger partial charge on any atom is -0.481 e. The van der Waals surface area contributed by atoms with Crippen LogP contribution in [-0.2, 0) is 29.1 Å². The van der Waals surface area contributed by atoms with Gasteiger partial charge in [-0.3, -0.25) is 14.3 Å². The summed E-state index contributed by atoms with van der Waals surface area (Å²) in [5.74, 6) is -0.802. The number of carbonyl (C=O) groups is 2. The van der Waals surface area contributed by atoms with Crippen LogP contribution in [0.1, 0.15) is 54.6 Å². The molecule has 0 saturated heterocycles. The SMILES string of the molecule is Cc1nn(Cc2ccc(F)cc2)c2c1CCN(C(=O)CC1CCC(C(=O)O)CC1)C2. The monoisotopic (exact) mass is 413 g/mol. The third-order valence-corrected chi connectivity index (χ3v) is 6.60. The van der Waals surface area contributed by atoms with Crippen molar-refractivity contribution in [2.45, 2.75) is 58.5 Å². The maximum absolute atomic E-state index is 13.2. The highest BCUT2D eigenvalue weighted by Crippen LogP contribution is 2.32. The van der Waals surface area contributed by atoms with Gasteiger partial charge in [0.2, 0.25) is 5.91 Å². The summed E-state index contributed by atoms with van der Waals surface area (Å²) < 4.78 is 15.1. The number of carboxylic acid groups (broad SMARTS) is 1. The van der Waals surface area contributed by atoms with Crippen LogP contribution in [0.5, 0.6) is 0 Å². The van der Waals surface area contributed by atoms with Gasteiger partial charge in [0.25, 0.3) is 0 Å². The predicted molar refractivity (Wildman–Crippen MR) is 109 cm³/mol. The summed E-state index contributed by atoms with van der Waals surface area (Å²) in [4.78, 5) is 26.0. The van der Waals surface area contributed by atoms with Crippen LogP contribution in [0.2, 0.25) is 0 Å². The Morgan fingerprint density at radius 1 is 1.17 bits per heavy atom. The van der Waals surface area contributed by atoms with Crippen molar-refractivity contribution in [3.05, 3.63) is 52.6 Å². The predicted octanol–water partition coefficient (Wildman–Crippen LogP) is 3.54. The van der Waals surface area contributed by atoms with Crippen molar-refractivity contribution >= 4 is 11.9 Å². The number of carboxylic acids is 1. The molecule has 2 aromatic rings. The van der Waals surface area contributed by atoms with Crippen LogP contribution in [0.25, 0.3) is 0 Å². The van der Waals surface area contributed by atoms with Gasteiger partial charge in [-0.15, -0.1) is 0 Å². The number of halogens is 1. The molecule has 0 spiro atoms. The van der Waals surface area contributed by atoms with Gasteiger partial charge in [-0.2, -0.15) is 5.10 Å². The largest absolute Gasteiger partial charge is 0.481 e. The fourth-order valence-corrected chi connectivity index (χ4v) is 4.77. The van der Waals surface area contributed by atoms with E-state index >= 15 is 0 Å². The second kappa shape index (κ2) is 8.58. The lowest BCUT2D eigenvalue weighted by Gasteiger charge is -2.31. The van der Waals surface area contributed by atoms with Crippen LogP contribution < -0.4 is 0 Å². The van der Waals surface area contributed by atoms with E-state index < -0.39 is 5.97 Å². The molecule has 2 aliphatic rings. The molecular weight excluding hydrogens is 385 g/mol. The molecule has 0 bridgehead atoms. The number of carbonyl (C=O) groups excluding carboxylic acids is 1. The number of aromatic nitrogens is 2. The molecule has 0 unspecified atom stereocenters. The van der Waals surface area contributed by atoms with E-state index in [4.69, 9.17) is 5.11 Å². The summed E-state index contributed by atoms with van der Waals surface area (Å²) in [6, 6.07) is 6.43. The lowest BCUT2D eigenvalue weighted by atomic mass is 9.80. The highest BCUT2D eigenvalue weighted by molar-refractivity contribution is 5.77. The van der Waals surface area contributed by atoms with Crippen LogP contribution in [0.4, 0.5) is 4.39 Å². The molecule has 1 aromatic heterocycles. The third kappa shape index (κ3) is 4.40. The van der Waals surface area contributed by atoms with Crippen molar-refractivity contribution in [3.8, 4) is 0 Å². The molecule has 7 heteroatoms. The van der Waals surface area contributed by atoms with Crippen molar-refractivity contribution in [1.82, 2.24) is 14.7 Å². The number of aliphatic carboxylic acids is 1. The van der Waals surface area contributed by atoms with Crippen molar-refractivity contribution in [1.29, 1.82) is 0 Å². The first-order valence-corrected chi connectivity index (χ1v) is 10.7. The van der Waals surface area contributed by atoms with Crippen molar-refractivity contribution in [3.63, 3.8) is 0 Å². The summed E-state index contributed by atoms with van der Waals surface area (Å²) >= 11 is 0. The topological polar surface area (TPSA) is 75.4 Å². The van der Waals surface area contributed by atoms with Crippen molar-refractivity contribution < 1.29 is 19.1 Å². The molecule has 2 heterocycles. The second-order valence-corrected chi connectivity index (χ2v) is 8.62. The average Bonchev–Trinajstić information content (AvgIpc) is 3.05. The molecule has 1 saturated carbocycles. The van der Waals surface area contributed by atoms with Gasteiger partial charge in [0, 0.05) is 13.0 Å². The van der Waals surface area contributed by atoms with Gasteiger partial charge in [0.05, 0.1) is 30.4 Å². The Balaban J connectivity index is 1.41. The molecule has 1 fully saturated rings. The molecule has 1 aromatic carbocycles. The summed E-state index contributed by atoms with van der Waals surface area (Å²) in [6.45, 7) is 3.79. The second-order valence-electron chi connectivity index (χ2n) is 8.62. The number of benzene rings is 1. The van der Waals surface area contributed by atoms with Gasteiger partial charge in [0.1, 0.15) is 5.82 Å². The zero-order valence-corrected chi connectivity index (χ0v) is 17.3. The Bertz CT molecular complexity index is 930. The number of hydrogen-bond acceptors (Lipinski definition) is 3. The number of aryl methyl sites for hydroxylation is 1. The molecule has 160 valence electrons. The van der Waals surface area contributed by atoms with Gasteiger partial charge in [-0.25, -0.2) is 4.39 Å². The number of amides is 1. The molecular formula is C23H28FN3O3. The summed E-state index contributed by atoms with van der Waals surface area (Å²) in [7, 11) is 0. The molecule has 0 radical (unpaired) electrons. The highest BCUT2D eigenvalue weighted by Gasteiger charge is 2.30. The Morgan fingerprint density at radius 3 is 2.53 bits per heavy atom. The minimum absolute atomic E-state index is 0.145. The van der Waals surface area contributed by atoms with Crippen LogP contribution in [0, 0.1) is 24.6 Å². The Labute approximate surface area is 175 Å². The first-order valence-electron chi connectivity index (χ1n) is 10.7. The van der Waals surface area contributed by atoms with Gasteiger partial charge in [-0.05, 0) is 68.2 Å². The lowest BCUT2D eigenvalue weighted by Crippen LogP contribution is -2.38. The Hall–Kier alpha value is -2.70.